The minimum absolute atomic E-state index is 0.217. The quantitative estimate of drug-likeness (QED) is 0.803. The van der Waals surface area contributed by atoms with Crippen molar-refractivity contribution in [1.29, 1.82) is 0 Å². The van der Waals surface area contributed by atoms with Crippen molar-refractivity contribution >= 4 is 23.1 Å². The second-order valence-electron chi connectivity index (χ2n) is 6.02. The molecule has 4 heteroatoms. The molecule has 2 amide bonds. The number of carbonyl (C=O) groups is 1. The Balaban J connectivity index is 2.12. The van der Waals surface area contributed by atoms with E-state index in [2.05, 4.69) is 41.5 Å². The summed E-state index contributed by atoms with van der Waals surface area (Å²) in [6.07, 6.45) is 0. The number of urea groups is 1. The SMILES string of the molecule is CCN(CC)c1ccc(NC(=O)Nc2c(C)cccc2C)c(C)c1. The van der Waals surface area contributed by atoms with Gasteiger partial charge in [-0.1, -0.05) is 18.2 Å². The first-order valence-corrected chi connectivity index (χ1v) is 8.46. The molecule has 0 heterocycles. The zero-order valence-corrected chi connectivity index (χ0v) is 15.2. The number of para-hydroxylation sites is 1. The van der Waals surface area contributed by atoms with Gasteiger partial charge in [0.1, 0.15) is 0 Å². The lowest BCUT2D eigenvalue weighted by atomic mass is 10.1. The Labute approximate surface area is 144 Å². The first kappa shape index (κ1) is 17.9. The van der Waals surface area contributed by atoms with Gasteiger partial charge < -0.3 is 15.5 Å². The van der Waals surface area contributed by atoms with Gasteiger partial charge in [-0.3, -0.25) is 0 Å². The van der Waals surface area contributed by atoms with Gasteiger partial charge in [-0.25, -0.2) is 4.79 Å². The molecule has 0 atom stereocenters. The number of nitrogens with zero attached hydrogens (tertiary/aromatic N) is 1. The van der Waals surface area contributed by atoms with Crippen molar-refractivity contribution in [3.8, 4) is 0 Å². The molecule has 0 bridgehead atoms. The van der Waals surface area contributed by atoms with Gasteiger partial charge in [0, 0.05) is 30.2 Å². The van der Waals surface area contributed by atoms with E-state index in [9.17, 15) is 4.79 Å². The van der Waals surface area contributed by atoms with Crippen molar-refractivity contribution in [3.05, 3.63) is 53.1 Å². The molecule has 0 unspecified atom stereocenters. The molecule has 0 aliphatic rings. The molecule has 128 valence electrons. The van der Waals surface area contributed by atoms with Crippen LogP contribution in [0.5, 0.6) is 0 Å². The first-order chi connectivity index (χ1) is 11.5. The Hall–Kier alpha value is -2.49. The Kier molecular flexibility index (Phi) is 5.85. The normalized spacial score (nSPS) is 10.4. The zero-order chi connectivity index (χ0) is 17.7. The number of nitrogens with one attached hydrogen (secondary N) is 2. The third kappa shape index (κ3) is 4.07. The lowest BCUT2D eigenvalue weighted by Gasteiger charge is -2.22. The van der Waals surface area contributed by atoms with E-state index in [-0.39, 0.29) is 6.03 Å². The predicted octanol–water partition coefficient (Wildman–Crippen LogP) is 5.10. The molecule has 4 nitrogen and oxygen atoms in total. The molecule has 24 heavy (non-hydrogen) atoms. The van der Waals surface area contributed by atoms with Gasteiger partial charge in [0.2, 0.25) is 0 Å². The summed E-state index contributed by atoms with van der Waals surface area (Å²) in [5.74, 6) is 0. The number of hydrogen-bond acceptors (Lipinski definition) is 2. The van der Waals surface area contributed by atoms with Crippen molar-refractivity contribution in [1.82, 2.24) is 0 Å². The fourth-order valence-corrected chi connectivity index (χ4v) is 2.85. The van der Waals surface area contributed by atoms with Gasteiger partial charge in [-0.2, -0.15) is 0 Å². The fraction of sp³-hybridized carbons (Fsp3) is 0.350. The predicted molar refractivity (Wildman–Crippen MR) is 103 cm³/mol. The summed E-state index contributed by atoms with van der Waals surface area (Å²) in [6.45, 7) is 12.2. The highest BCUT2D eigenvalue weighted by molar-refractivity contribution is 6.01. The molecule has 0 spiro atoms. The Morgan fingerprint density at radius 1 is 0.917 bits per heavy atom. The average Bonchev–Trinajstić information content (AvgIpc) is 2.55. The maximum Gasteiger partial charge on any atom is 0.323 e. The number of amides is 2. The van der Waals surface area contributed by atoms with E-state index in [4.69, 9.17) is 0 Å². The lowest BCUT2D eigenvalue weighted by Crippen LogP contribution is -2.23. The van der Waals surface area contributed by atoms with Crippen molar-refractivity contribution in [3.63, 3.8) is 0 Å². The minimum atomic E-state index is -0.217. The van der Waals surface area contributed by atoms with E-state index in [0.29, 0.717) is 0 Å². The molecular formula is C20H27N3O. The van der Waals surface area contributed by atoms with Crippen molar-refractivity contribution in [2.75, 3.05) is 28.6 Å². The van der Waals surface area contributed by atoms with Gasteiger partial charge >= 0.3 is 6.03 Å². The molecular weight excluding hydrogens is 298 g/mol. The van der Waals surface area contributed by atoms with Crippen LogP contribution < -0.4 is 15.5 Å². The molecule has 2 rings (SSSR count). The molecule has 0 aliphatic heterocycles. The highest BCUT2D eigenvalue weighted by atomic mass is 16.2. The number of benzene rings is 2. The van der Waals surface area contributed by atoms with Crippen LogP contribution in [0.4, 0.5) is 21.9 Å². The highest BCUT2D eigenvalue weighted by Gasteiger charge is 2.10. The largest absolute Gasteiger partial charge is 0.372 e. The monoisotopic (exact) mass is 325 g/mol. The van der Waals surface area contributed by atoms with Gasteiger partial charge in [0.15, 0.2) is 0 Å². The summed E-state index contributed by atoms with van der Waals surface area (Å²) in [7, 11) is 0. The number of hydrogen-bond donors (Lipinski definition) is 2. The zero-order valence-electron chi connectivity index (χ0n) is 15.2. The van der Waals surface area contributed by atoms with Crippen LogP contribution in [0.3, 0.4) is 0 Å². The van der Waals surface area contributed by atoms with Crippen molar-refractivity contribution in [2.24, 2.45) is 0 Å². The van der Waals surface area contributed by atoms with E-state index >= 15 is 0 Å². The smallest absolute Gasteiger partial charge is 0.323 e. The van der Waals surface area contributed by atoms with E-state index in [0.717, 1.165) is 41.2 Å². The summed E-state index contributed by atoms with van der Waals surface area (Å²) in [5.41, 5.74) is 6.04. The van der Waals surface area contributed by atoms with E-state index < -0.39 is 0 Å². The third-order valence-electron chi connectivity index (χ3n) is 4.31. The van der Waals surface area contributed by atoms with Crippen molar-refractivity contribution in [2.45, 2.75) is 34.6 Å². The van der Waals surface area contributed by atoms with Crippen LogP contribution in [0, 0.1) is 20.8 Å². The van der Waals surface area contributed by atoms with Crippen molar-refractivity contribution < 1.29 is 4.79 Å². The second-order valence-corrected chi connectivity index (χ2v) is 6.02. The van der Waals surface area contributed by atoms with Gasteiger partial charge in [-0.15, -0.1) is 0 Å². The van der Waals surface area contributed by atoms with Crippen LogP contribution in [-0.4, -0.2) is 19.1 Å². The van der Waals surface area contributed by atoms with E-state index in [1.807, 2.05) is 45.0 Å². The molecule has 0 aliphatic carbocycles. The third-order valence-corrected chi connectivity index (χ3v) is 4.31. The molecule has 2 aromatic rings. The molecule has 0 radical (unpaired) electrons. The van der Waals surface area contributed by atoms with Gasteiger partial charge in [0.25, 0.3) is 0 Å². The molecule has 0 aromatic heterocycles. The average molecular weight is 325 g/mol. The topological polar surface area (TPSA) is 44.4 Å². The van der Waals surface area contributed by atoms with Crippen LogP contribution in [-0.2, 0) is 0 Å². The van der Waals surface area contributed by atoms with Crippen LogP contribution in [0.2, 0.25) is 0 Å². The second kappa shape index (κ2) is 7.86. The summed E-state index contributed by atoms with van der Waals surface area (Å²) in [5, 5.41) is 5.90. The summed E-state index contributed by atoms with van der Waals surface area (Å²) in [4.78, 5) is 14.6. The number of aryl methyl sites for hydroxylation is 3. The number of rotatable bonds is 5. The van der Waals surface area contributed by atoms with Gasteiger partial charge in [-0.05, 0) is 69.5 Å². The summed E-state index contributed by atoms with van der Waals surface area (Å²) >= 11 is 0. The summed E-state index contributed by atoms with van der Waals surface area (Å²) < 4.78 is 0. The lowest BCUT2D eigenvalue weighted by molar-refractivity contribution is 0.262. The fourth-order valence-electron chi connectivity index (χ4n) is 2.85. The Morgan fingerprint density at radius 3 is 2.08 bits per heavy atom. The van der Waals surface area contributed by atoms with E-state index in [1.54, 1.807) is 0 Å². The Bertz CT molecular complexity index is 701. The Morgan fingerprint density at radius 2 is 1.54 bits per heavy atom. The van der Waals surface area contributed by atoms with Gasteiger partial charge in [0.05, 0.1) is 0 Å². The van der Waals surface area contributed by atoms with Crippen LogP contribution >= 0.6 is 0 Å². The summed E-state index contributed by atoms with van der Waals surface area (Å²) in [6, 6.07) is 11.9. The maximum atomic E-state index is 12.3. The first-order valence-electron chi connectivity index (χ1n) is 8.46. The molecule has 2 aromatic carbocycles. The molecule has 0 fully saturated rings. The molecule has 0 saturated carbocycles. The van der Waals surface area contributed by atoms with Crippen LogP contribution in [0.25, 0.3) is 0 Å². The molecule has 2 N–H and O–H groups in total. The number of anilines is 3. The minimum Gasteiger partial charge on any atom is -0.372 e. The number of carbonyl (C=O) groups excluding carboxylic acids is 1. The maximum absolute atomic E-state index is 12.3. The highest BCUT2D eigenvalue weighted by Crippen LogP contribution is 2.24. The standard InChI is InChI=1S/C20H27N3O/c1-6-23(7-2)17-11-12-18(16(5)13-17)21-20(24)22-19-14(3)9-8-10-15(19)4/h8-13H,6-7H2,1-5H3,(H2,21,22,24). The van der Waals surface area contributed by atoms with Crippen LogP contribution in [0.15, 0.2) is 36.4 Å². The van der Waals surface area contributed by atoms with E-state index in [1.165, 1.54) is 5.69 Å². The molecule has 0 saturated heterocycles. The van der Waals surface area contributed by atoms with Crippen LogP contribution in [0.1, 0.15) is 30.5 Å².